The van der Waals surface area contributed by atoms with Gasteiger partial charge in [-0.1, -0.05) is 0 Å². The number of thiol groups is 1. The first kappa shape index (κ1) is 15.4. The largest absolute Gasteiger partial charge is 0.493 e. The minimum absolute atomic E-state index is 0.230. The Balaban J connectivity index is 3.10. The minimum atomic E-state index is -0.230. The zero-order chi connectivity index (χ0) is 14.4. The van der Waals surface area contributed by atoms with Gasteiger partial charge >= 0.3 is 0 Å². The first-order valence-corrected chi connectivity index (χ1v) is 5.95. The van der Waals surface area contributed by atoms with Crippen molar-refractivity contribution in [3.63, 3.8) is 0 Å². The summed E-state index contributed by atoms with van der Waals surface area (Å²) in [7, 11) is 4.52. The van der Waals surface area contributed by atoms with Crippen LogP contribution < -0.4 is 15.0 Å². The molecular weight excluding hydrogens is 266 g/mol. The van der Waals surface area contributed by atoms with Crippen LogP contribution in [0, 0.1) is 0 Å². The van der Waals surface area contributed by atoms with Crippen molar-refractivity contribution in [1.29, 1.82) is 0 Å². The van der Waals surface area contributed by atoms with Crippen LogP contribution in [0.3, 0.4) is 0 Å². The van der Waals surface area contributed by atoms with Crippen LogP contribution in [0.1, 0.15) is 17.3 Å². The van der Waals surface area contributed by atoms with Crippen LogP contribution in [0.15, 0.2) is 28.8 Å². The van der Waals surface area contributed by atoms with Gasteiger partial charge in [0.2, 0.25) is 5.78 Å². The molecule has 5 nitrogen and oxygen atoms in total. The lowest BCUT2D eigenvalue weighted by Gasteiger charge is -2.10. The molecule has 1 rings (SSSR count). The van der Waals surface area contributed by atoms with Gasteiger partial charge in [0, 0.05) is 5.56 Å². The number of benzene rings is 1. The Morgan fingerprint density at radius 3 is 2.32 bits per heavy atom. The smallest absolute Gasteiger partial charge is 0.201 e. The predicted molar refractivity (Wildman–Crippen MR) is 75.7 cm³/mol. The number of carbonyl (C=O) groups is 1. The summed E-state index contributed by atoms with van der Waals surface area (Å²) < 4.78 is 10.3. The fourth-order valence-electron chi connectivity index (χ4n) is 1.49. The highest BCUT2D eigenvalue weighted by atomic mass is 32.1. The lowest BCUT2D eigenvalue weighted by molar-refractivity contribution is 0.102. The number of allylic oxidation sites excluding steroid dienone is 2. The summed E-state index contributed by atoms with van der Waals surface area (Å²) in [6, 6.07) is 4.93. The summed E-state index contributed by atoms with van der Waals surface area (Å²) in [6.45, 7) is 1.70. The molecule has 1 aromatic rings. The Bertz CT molecular complexity index is 499. The second-order valence-electron chi connectivity index (χ2n) is 3.68. The van der Waals surface area contributed by atoms with Crippen LogP contribution in [-0.2, 0) is 4.84 Å². The topological polar surface area (TPSA) is 56.8 Å². The maximum Gasteiger partial charge on any atom is 0.201 e. The molecule has 6 heteroatoms. The number of ether oxygens (including phenoxy) is 2. The van der Waals surface area contributed by atoms with Gasteiger partial charge in [0.05, 0.1) is 31.9 Å². The van der Waals surface area contributed by atoms with E-state index in [0.29, 0.717) is 22.8 Å². The fraction of sp³-hybridized carbons (Fsp3) is 0.308. The lowest BCUT2D eigenvalue weighted by atomic mass is 10.1. The number of hydroxylamine groups is 1. The van der Waals surface area contributed by atoms with E-state index in [4.69, 9.17) is 14.3 Å². The number of carbonyl (C=O) groups excluding carboxylic acids is 1. The number of nitrogens with one attached hydrogen (secondary N) is 1. The Labute approximate surface area is 117 Å². The van der Waals surface area contributed by atoms with Crippen LogP contribution in [-0.4, -0.2) is 27.1 Å². The summed E-state index contributed by atoms with van der Waals surface area (Å²) in [5, 5.41) is 0. The van der Waals surface area contributed by atoms with Gasteiger partial charge in [-0.3, -0.25) is 15.1 Å². The van der Waals surface area contributed by atoms with E-state index in [-0.39, 0.29) is 10.7 Å². The number of methoxy groups -OCH3 is 2. The van der Waals surface area contributed by atoms with E-state index >= 15 is 0 Å². The molecule has 0 aliphatic heterocycles. The molecule has 0 heterocycles. The highest BCUT2D eigenvalue weighted by Gasteiger charge is 2.15. The van der Waals surface area contributed by atoms with E-state index in [2.05, 4.69) is 18.1 Å². The summed E-state index contributed by atoms with van der Waals surface area (Å²) >= 11 is 4.19. The fourth-order valence-corrected chi connectivity index (χ4v) is 1.66. The molecule has 1 aromatic carbocycles. The van der Waals surface area contributed by atoms with E-state index in [1.807, 2.05) is 0 Å². The Morgan fingerprint density at radius 1 is 1.16 bits per heavy atom. The average molecular weight is 283 g/mol. The number of hydrogen-bond donors (Lipinski definition) is 2. The summed E-state index contributed by atoms with van der Waals surface area (Å²) in [4.78, 5) is 17.2. The second-order valence-corrected chi connectivity index (χ2v) is 4.13. The van der Waals surface area contributed by atoms with Gasteiger partial charge in [-0.05, 0) is 25.1 Å². The monoisotopic (exact) mass is 283 g/mol. The molecule has 104 valence electrons. The molecule has 0 radical (unpaired) electrons. The Morgan fingerprint density at radius 2 is 1.79 bits per heavy atom. The summed E-state index contributed by atoms with van der Waals surface area (Å²) in [5.74, 6) is 0.827. The van der Waals surface area contributed by atoms with Gasteiger partial charge in [0.25, 0.3) is 0 Å². The normalized spacial score (nSPS) is 11.6. The van der Waals surface area contributed by atoms with Gasteiger partial charge < -0.3 is 9.47 Å². The minimum Gasteiger partial charge on any atom is -0.493 e. The zero-order valence-electron chi connectivity index (χ0n) is 11.3. The van der Waals surface area contributed by atoms with Crippen LogP contribution >= 0.6 is 12.6 Å². The maximum absolute atomic E-state index is 12.2. The third-order valence-corrected chi connectivity index (χ3v) is 3.01. The van der Waals surface area contributed by atoms with Crippen LogP contribution in [0.5, 0.6) is 11.5 Å². The summed E-state index contributed by atoms with van der Waals surface area (Å²) in [6.07, 6.45) is 0. The average Bonchev–Trinajstić information content (AvgIpc) is 2.45. The number of ketones is 1. The van der Waals surface area contributed by atoms with Crippen molar-refractivity contribution in [2.75, 3.05) is 21.3 Å². The van der Waals surface area contributed by atoms with Crippen LogP contribution in [0.25, 0.3) is 0 Å². The standard InChI is InChI=1S/C13H17NO4S/c1-8(14-18-4)13(19)12(15)9-5-6-10(16-2)11(7-9)17-3/h5-7,14,19H,1-4H3/b13-8+. The van der Waals surface area contributed by atoms with Gasteiger partial charge in [0.1, 0.15) is 0 Å². The lowest BCUT2D eigenvalue weighted by Crippen LogP contribution is -2.13. The number of hydrogen-bond acceptors (Lipinski definition) is 6. The van der Waals surface area contributed by atoms with Gasteiger partial charge in [-0.25, -0.2) is 0 Å². The molecule has 0 amide bonds. The van der Waals surface area contributed by atoms with Gasteiger partial charge in [-0.2, -0.15) is 0 Å². The molecule has 0 saturated heterocycles. The molecule has 19 heavy (non-hydrogen) atoms. The molecule has 0 aliphatic carbocycles. The zero-order valence-corrected chi connectivity index (χ0v) is 12.2. The first-order chi connectivity index (χ1) is 9.04. The first-order valence-electron chi connectivity index (χ1n) is 5.50. The molecule has 0 fully saturated rings. The van der Waals surface area contributed by atoms with Crippen molar-refractivity contribution in [1.82, 2.24) is 5.48 Å². The Kier molecular flexibility index (Phi) is 5.72. The highest BCUT2D eigenvalue weighted by Crippen LogP contribution is 2.29. The van der Waals surface area contributed by atoms with Crippen molar-refractivity contribution in [2.24, 2.45) is 0 Å². The molecule has 0 aliphatic rings. The molecule has 0 aromatic heterocycles. The third kappa shape index (κ3) is 3.65. The Hall–Kier alpha value is -1.66. The molecule has 1 N–H and O–H groups in total. The van der Waals surface area contributed by atoms with Crippen LogP contribution in [0.2, 0.25) is 0 Å². The summed E-state index contributed by atoms with van der Waals surface area (Å²) in [5.41, 5.74) is 3.56. The maximum atomic E-state index is 12.2. The quantitative estimate of drug-likeness (QED) is 0.363. The molecule has 0 bridgehead atoms. The van der Waals surface area contributed by atoms with Crippen LogP contribution in [0.4, 0.5) is 0 Å². The SMILES string of the molecule is CON/C(C)=C(/S)C(=O)c1ccc(OC)c(OC)c1. The molecule has 0 atom stereocenters. The second kappa shape index (κ2) is 7.06. The van der Waals surface area contributed by atoms with Crippen molar-refractivity contribution in [3.8, 4) is 11.5 Å². The van der Waals surface area contributed by atoms with E-state index in [0.717, 1.165) is 0 Å². The van der Waals surface area contributed by atoms with Crippen molar-refractivity contribution < 1.29 is 19.1 Å². The van der Waals surface area contributed by atoms with E-state index in [9.17, 15) is 4.79 Å². The van der Waals surface area contributed by atoms with Crippen molar-refractivity contribution in [3.05, 3.63) is 34.4 Å². The van der Waals surface area contributed by atoms with Crippen molar-refractivity contribution in [2.45, 2.75) is 6.92 Å². The van der Waals surface area contributed by atoms with E-state index < -0.39 is 0 Å². The van der Waals surface area contributed by atoms with Crippen molar-refractivity contribution >= 4 is 18.4 Å². The highest BCUT2D eigenvalue weighted by molar-refractivity contribution is 7.85. The third-order valence-electron chi connectivity index (χ3n) is 2.47. The number of rotatable bonds is 6. The predicted octanol–water partition coefficient (Wildman–Crippen LogP) is 2.20. The van der Waals surface area contributed by atoms with Gasteiger partial charge in [0.15, 0.2) is 11.5 Å². The van der Waals surface area contributed by atoms with E-state index in [1.54, 1.807) is 25.1 Å². The number of Topliss-reactive ketones (excluding diaryl/α,β-unsaturated/α-hetero) is 1. The molecule has 0 unspecified atom stereocenters. The molecule has 0 saturated carbocycles. The van der Waals surface area contributed by atoms with E-state index in [1.165, 1.54) is 21.3 Å². The molecule has 0 spiro atoms. The molecular formula is C13H17NO4S. The van der Waals surface area contributed by atoms with Gasteiger partial charge in [-0.15, -0.1) is 12.6 Å².